The SMILES string of the molecule is CC(C)(C)S(=O)(=O)C=CCBr. The topological polar surface area (TPSA) is 34.1 Å². The molecule has 0 aromatic rings. The van der Waals surface area contributed by atoms with Gasteiger partial charge in [-0.05, 0) is 20.8 Å². The van der Waals surface area contributed by atoms with Crippen molar-refractivity contribution in [3.8, 4) is 0 Å². The van der Waals surface area contributed by atoms with Gasteiger partial charge in [-0.25, -0.2) is 8.42 Å². The Morgan fingerprint density at radius 2 is 1.82 bits per heavy atom. The van der Waals surface area contributed by atoms with Gasteiger partial charge >= 0.3 is 0 Å². The van der Waals surface area contributed by atoms with Gasteiger partial charge in [0.1, 0.15) is 0 Å². The van der Waals surface area contributed by atoms with E-state index < -0.39 is 14.6 Å². The molecule has 0 saturated heterocycles. The zero-order chi connectivity index (χ0) is 9.12. The summed E-state index contributed by atoms with van der Waals surface area (Å²) in [6.07, 6.45) is 1.58. The molecule has 0 fully saturated rings. The van der Waals surface area contributed by atoms with Crippen LogP contribution in [0.2, 0.25) is 0 Å². The number of halogens is 1. The Kier molecular flexibility index (Phi) is 3.77. The Balaban J connectivity index is 4.64. The molecule has 0 aliphatic carbocycles. The number of allylic oxidation sites excluding steroid dienone is 1. The zero-order valence-corrected chi connectivity index (χ0v) is 9.37. The van der Waals surface area contributed by atoms with E-state index >= 15 is 0 Å². The molecular formula is C7H13BrO2S. The molecule has 0 rings (SSSR count). The van der Waals surface area contributed by atoms with Gasteiger partial charge in [0, 0.05) is 10.7 Å². The van der Waals surface area contributed by atoms with E-state index in [2.05, 4.69) is 15.9 Å². The molecule has 0 amide bonds. The molecule has 0 bridgehead atoms. The standard InChI is InChI=1S/C7H13BrO2S/c1-7(2,3)11(9,10)6-4-5-8/h4,6H,5H2,1-3H3. The van der Waals surface area contributed by atoms with E-state index in [1.807, 2.05) is 0 Å². The smallest absolute Gasteiger partial charge is 0.176 e. The molecule has 66 valence electrons. The summed E-state index contributed by atoms with van der Waals surface area (Å²) in [7, 11) is -3.07. The summed E-state index contributed by atoms with van der Waals surface area (Å²) in [6, 6.07) is 0. The van der Waals surface area contributed by atoms with Crippen LogP contribution in [0.5, 0.6) is 0 Å². The molecule has 0 spiro atoms. The number of hydrogen-bond acceptors (Lipinski definition) is 2. The number of rotatable bonds is 2. The predicted molar refractivity (Wildman–Crippen MR) is 51.6 cm³/mol. The fourth-order valence-electron chi connectivity index (χ4n) is 0.367. The van der Waals surface area contributed by atoms with Crippen LogP contribution in [0, 0.1) is 0 Å². The summed E-state index contributed by atoms with van der Waals surface area (Å²) >= 11 is 3.12. The molecule has 2 nitrogen and oxygen atoms in total. The predicted octanol–water partition coefficient (Wildman–Crippen LogP) is 2.11. The summed E-state index contributed by atoms with van der Waals surface area (Å²) in [4.78, 5) is 0. The van der Waals surface area contributed by atoms with Crippen molar-refractivity contribution in [1.29, 1.82) is 0 Å². The van der Waals surface area contributed by atoms with Gasteiger partial charge in [0.2, 0.25) is 0 Å². The Morgan fingerprint density at radius 1 is 1.36 bits per heavy atom. The number of sulfone groups is 1. The fourth-order valence-corrected chi connectivity index (χ4v) is 1.56. The summed E-state index contributed by atoms with van der Waals surface area (Å²) in [6.45, 7) is 5.04. The second-order valence-electron chi connectivity index (χ2n) is 3.18. The first-order chi connectivity index (χ1) is 4.81. The molecule has 0 unspecified atom stereocenters. The zero-order valence-electron chi connectivity index (χ0n) is 6.96. The third-order valence-electron chi connectivity index (χ3n) is 1.22. The normalized spacial score (nSPS) is 14.2. The average molecular weight is 241 g/mol. The first kappa shape index (κ1) is 11.2. The lowest BCUT2D eigenvalue weighted by Gasteiger charge is -2.15. The third-order valence-corrected chi connectivity index (χ3v) is 3.85. The van der Waals surface area contributed by atoms with Crippen LogP contribution in [0.1, 0.15) is 20.8 Å². The lowest BCUT2D eigenvalue weighted by molar-refractivity contribution is 0.570. The molecule has 0 heterocycles. The Labute approximate surface area is 76.7 Å². The van der Waals surface area contributed by atoms with Gasteiger partial charge in [0.05, 0.1) is 4.75 Å². The van der Waals surface area contributed by atoms with E-state index in [9.17, 15) is 8.42 Å². The number of hydrogen-bond donors (Lipinski definition) is 0. The molecule has 4 heteroatoms. The Bertz CT molecular complexity index is 234. The van der Waals surface area contributed by atoms with Gasteiger partial charge in [-0.1, -0.05) is 22.0 Å². The summed E-state index contributed by atoms with van der Waals surface area (Å²) in [5.74, 6) is 0. The summed E-state index contributed by atoms with van der Waals surface area (Å²) < 4.78 is 21.9. The third kappa shape index (κ3) is 3.38. The molecular weight excluding hydrogens is 228 g/mol. The maximum atomic E-state index is 11.3. The van der Waals surface area contributed by atoms with Crippen molar-refractivity contribution < 1.29 is 8.42 Å². The quantitative estimate of drug-likeness (QED) is 0.694. The minimum atomic E-state index is -3.07. The highest BCUT2D eigenvalue weighted by Gasteiger charge is 2.25. The molecule has 0 radical (unpaired) electrons. The van der Waals surface area contributed by atoms with E-state index in [0.29, 0.717) is 5.33 Å². The van der Waals surface area contributed by atoms with Gasteiger partial charge in [0.25, 0.3) is 0 Å². The first-order valence-corrected chi connectivity index (χ1v) is 5.95. The maximum Gasteiger partial charge on any atom is 0.176 e. The van der Waals surface area contributed by atoms with Crippen LogP contribution in [-0.4, -0.2) is 18.5 Å². The molecule has 0 atom stereocenters. The molecule has 0 N–H and O–H groups in total. The minimum absolute atomic E-state index is 0.572. The van der Waals surface area contributed by atoms with E-state index in [1.54, 1.807) is 26.8 Å². The van der Waals surface area contributed by atoms with Crippen molar-refractivity contribution in [2.24, 2.45) is 0 Å². The van der Waals surface area contributed by atoms with Crippen molar-refractivity contribution in [3.63, 3.8) is 0 Å². The molecule has 11 heavy (non-hydrogen) atoms. The van der Waals surface area contributed by atoms with Crippen LogP contribution in [0.15, 0.2) is 11.5 Å². The van der Waals surface area contributed by atoms with Crippen LogP contribution in [0.4, 0.5) is 0 Å². The van der Waals surface area contributed by atoms with Gasteiger partial charge in [-0.15, -0.1) is 0 Å². The monoisotopic (exact) mass is 240 g/mol. The average Bonchev–Trinajstić information content (AvgIpc) is 1.81. The first-order valence-electron chi connectivity index (χ1n) is 3.28. The largest absolute Gasteiger partial charge is 0.224 e. The van der Waals surface area contributed by atoms with Crippen molar-refractivity contribution in [2.75, 3.05) is 5.33 Å². The molecule has 0 aromatic carbocycles. The lowest BCUT2D eigenvalue weighted by atomic mass is 10.3. The Hall–Kier alpha value is 0.170. The van der Waals surface area contributed by atoms with Crippen molar-refractivity contribution in [1.82, 2.24) is 0 Å². The second kappa shape index (κ2) is 3.72. The minimum Gasteiger partial charge on any atom is -0.224 e. The van der Waals surface area contributed by atoms with E-state index in [1.165, 1.54) is 5.41 Å². The van der Waals surface area contributed by atoms with E-state index in [0.717, 1.165) is 0 Å². The number of alkyl halides is 1. The second-order valence-corrected chi connectivity index (χ2v) is 6.42. The van der Waals surface area contributed by atoms with Crippen molar-refractivity contribution >= 4 is 25.8 Å². The molecule has 0 aromatic heterocycles. The summed E-state index contributed by atoms with van der Waals surface area (Å²) in [5.41, 5.74) is 0. The van der Waals surface area contributed by atoms with Gasteiger partial charge in [-0.3, -0.25) is 0 Å². The van der Waals surface area contributed by atoms with Crippen LogP contribution in [0.25, 0.3) is 0 Å². The maximum absolute atomic E-state index is 11.3. The van der Waals surface area contributed by atoms with E-state index in [-0.39, 0.29) is 0 Å². The van der Waals surface area contributed by atoms with Crippen LogP contribution >= 0.6 is 15.9 Å². The fraction of sp³-hybridized carbons (Fsp3) is 0.714. The molecule has 0 aliphatic rings. The van der Waals surface area contributed by atoms with Crippen LogP contribution < -0.4 is 0 Å². The van der Waals surface area contributed by atoms with Crippen LogP contribution in [0.3, 0.4) is 0 Å². The van der Waals surface area contributed by atoms with Crippen molar-refractivity contribution in [2.45, 2.75) is 25.5 Å². The lowest BCUT2D eigenvalue weighted by Crippen LogP contribution is -2.25. The summed E-state index contributed by atoms with van der Waals surface area (Å²) in [5, 5.41) is 1.82. The van der Waals surface area contributed by atoms with Gasteiger partial charge < -0.3 is 0 Å². The highest BCUT2D eigenvalue weighted by molar-refractivity contribution is 9.09. The van der Waals surface area contributed by atoms with E-state index in [4.69, 9.17) is 0 Å². The van der Waals surface area contributed by atoms with Crippen LogP contribution in [-0.2, 0) is 9.84 Å². The molecule has 0 aliphatic heterocycles. The highest BCUT2D eigenvalue weighted by Crippen LogP contribution is 2.16. The highest BCUT2D eigenvalue weighted by atomic mass is 79.9. The Morgan fingerprint density at radius 3 is 2.09 bits per heavy atom. The van der Waals surface area contributed by atoms with Gasteiger partial charge in [-0.2, -0.15) is 0 Å². The van der Waals surface area contributed by atoms with Crippen molar-refractivity contribution in [3.05, 3.63) is 11.5 Å². The molecule has 0 saturated carbocycles. The van der Waals surface area contributed by atoms with Gasteiger partial charge in [0.15, 0.2) is 9.84 Å².